The summed E-state index contributed by atoms with van der Waals surface area (Å²) in [5.41, 5.74) is 1.84. The first-order valence-electron chi connectivity index (χ1n) is 9.06. The zero-order chi connectivity index (χ0) is 18.5. The van der Waals surface area contributed by atoms with E-state index in [9.17, 15) is 9.59 Å². The van der Waals surface area contributed by atoms with Crippen LogP contribution in [-0.2, 0) is 18.3 Å². The van der Waals surface area contributed by atoms with Gasteiger partial charge in [0.1, 0.15) is 11.3 Å². The fourth-order valence-electron chi connectivity index (χ4n) is 3.36. The summed E-state index contributed by atoms with van der Waals surface area (Å²) in [5.74, 6) is 0.443. The third kappa shape index (κ3) is 4.37. The molecule has 0 spiro atoms. The number of carboxylic acids is 1. The predicted octanol–water partition coefficient (Wildman–Crippen LogP) is 1.11. The van der Waals surface area contributed by atoms with Gasteiger partial charge in [-0.2, -0.15) is 0 Å². The van der Waals surface area contributed by atoms with Crippen molar-refractivity contribution in [3.8, 4) is 0 Å². The van der Waals surface area contributed by atoms with Gasteiger partial charge in [-0.3, -0.25) is 9.59 Å². The number of carboxylic acid groups (broad SMARTS) is 1. The smallest absolute Gasteiger partial charge is 0.305 e. The number of piperidine rings is 1. The van der Waals surface area contributed by atoms with Gasteiger partial charge in [0.05, 0.1) is 12.0 Å². The molecule has 3 N–H and O–H groups in total. The molecule has 2 aromatic heterocycles. The van der Waals surface area contributed by atoms with E-state index in [0.29, 0.717) is 11.1 Å². The number of carbonyl (C=O) groups excluding carboxylic acids is 1. The van der Waals surface area contributed by atoms with Gasteiger partial charge in [0.2, 0.25) is 0 Å². The number of carbonyl (C=O) groups is 2. The van der Waals surface area contributed by atoms with Crippen LogP contribution in [0.4, 0.5) is 0 Å². The molecular weight excluding hydrogens is 334 g/mol. The van der Waals surface area contributed by atoms with Crippen LogP contribution in [0.1, 0.15) is 41.9 Å². The van der Waals surface area contributed by atoms with Crippen molar-refractivity contribution in [1.29, 1.82) is 0 Å². The minimum atomic E-state index is -0.943. The van der Waals surface area contributed by atoms with Gasteiger partial charge in [-0.1, -0.05) is 0 Å². The van der Waals surface area contributed by atoms with Crippen LogP contribution in [0.5, 0.6) is 0 Å². The van der Waals surface area contributed by atoms with Crippen molar-refractivity contribution < 1.29 is 14.7 Å². The van der Waals surface area contributed by atoms with Crippen molar-refractivity contribution in [2.24, 2.45) is 13.0 Å². The lowest BCUT2D eigenvalue weighted by molar-refractivity contribution is -0.136. The number of nitrogens with one attached hydrogen (secondary N) is 2. The van der Waals surface area contributed by atoms with E-state index in [2.05, 4.69) is 20.6 Å². The molecule has 0 saturated carbocycles. The number of hydrogen-bond donors (Lipinski definition) is 3. The van der Waals surface area contributed by atoms with Crippen LogP contribution < -0.4 is 10.6 Å². The van der Waals surface area contributed by atoms with Gasteiger partial charge in [0, 0.05) is 26.2 Å². The molecule has 8 nitrogen and oxygen atoms in total. The van der Waals surface area contributed by atoms with E-state index in [1.165, 1.54) is 19.0 Å². The second-order valence-corrected chi connectivity index (χ2v) is 6.79. The molecule has 0 bridgehead atoms. The Morgan fingerprint density at radius 3 is 2.88 bits per heavy atom. The highest BCUT2D eigenvalue weighted by atomic mass is 16.4. The second kappa shape index (κ2) is 8.27. The molecule has 1 amide bonds. The van der Waals surface area contributed by atoms with Crippen molar-refractivity contribution in [1.82, 2.24) is 25.2 Å². The molecule has 0 atom stereocenters. The number of rotatable bonds is 7. The average Bonchev–Trinajstić information content (AvgIpc) is 2.96. The second-order valence-electron chi connectivity index (χ2n) is 6.79. The third-order valence-electron chi connectivity index (χ3n) is 4.92. The van der Waals surface area contributed by atoms with Crippen LogP contribution in [0.15, 0.2) is 12.3 Å². The highest BCUT2D eigenvalue weighted by Crippen LogP contribution is 2.20. The molecule has 8 heteroatoms. The number of amides is 1. The zero-order valence-corrected chi connectivity index (χ0v) is 15.0. The standard InChI is InChI=1S/C18H25N5O3/c1-23-15(3-2-12-4-7-19-8-5-12)22-14-10-13(11-21-17(14)23)18(26)20-9-6-16(24)25/h10-12,19H,2-9H2,1H3,(H,20,26)(H,24,25). The molecule has 2 aromatic rings. The van der Waals surface area contributed by atoms with Gasteiger partial charge in [-0.05, 0) is 44.3 Å². The Labute approximate surface area is 152 Å². The van der Waals surface area contributed by atoms with Crippen LogP contribution in [0.3, 0.4) is 0 Å². The van der Waals surface area contributed by atoms with Gasteiger partial charge < -0.3 is 20.3 Å². The fraction of sp³-hybridized carbons (Fsp3) is 0.556. The van der Waals surface area contributed by atoms with E-state index < -0.39 is 5.97 Å². The Hall–Kier alpha value is -2.48. The molecule has 0 unspecified atom stereocenters. The zero-order valence-electron chi connectivity index (χ0n) is 15.0. The number of aliphatic carboxylic acids is 1. The molecule has 0 aromatic carbocycles. The van der Waals surface area contributed by atoms with Gasteiger partial charge in [-0.15, -0.1) is 0 Å². The van der Waals surface area contributed by atoms with Crippen molar-refractivity contribution in [3.63, 3.8) is 0 Å². The van der Waals surface area contributed by atoms with Crippen molar-refractivity contribution in [2.75, 3.05) is 19.6 Å². The lowest BCUT2D eigenvalue weighted by Crippen LogP contribution is -2.28. The summed E-state index contributed by atoms with van der Waals surface area (Å²) in [7, 11) is 1.95. The summed E-state index contributed by atoms with van der Waals surface area (Å²) < 4.78 is 1.99. The largest absolute Gasteiger partial charge is 0.481 e. The first-order valence-corrected chi connectivity index (χ1v) is 9.06. The Balaban J connectivity index is 1.67. The highest BCUT2D eigenvalue weighted by molar-refractivity contribution is 5.96. The molecule has 140 valence electrons. The first kappa shape index (κ1) is 18.3. The van der Waals surface area contributed by atoms with E-state index in [-0.39, 0.29) is 18.9 Å². The molecule has 1 aliphatic heterocycles. The average molecular weight is 359 g/mol. The first-order chi connectivity index (χ1) is 12.5. The van der Waals surface area contributed by atoms with Crippen molar-refractivity contribution in [3.05, 3.63) is 23.7 Å². The lowest BCUT2D eigenvalue weighted by Gasteiger charge is -2.22. The summed E-state index contributed by atoms with van der Waals surface area (Å²) in [4.78, 5) is 31.7. The minimum Gasteiger partial charge on any atom is -0.481 e. The molecule has 1 aliphatic rings. The minimum absolute atomic E-state index is 0.0932. The van der Waals surface area contributed by atoms with Gasteiger partial charge in [0.25, 0.3) is 5.91 Å². The molecule has 1 saturated heterocycles. The number of aromatic nitrogens is 3. The molecule has 0 aliphatic carbocycles. The fourth-order valence-corrected chi connectivity index (χ4v) is 3.36. The molecule has 1 fully saturated rings. The number of imidazole rings is 1. The molecule has 26 heavy (non-hydrogen) atoms. The Morgan fingerprint density at radius 1 is 1.38 bits per heavy atom. The van der Waals surface area contributed by atoms with E-state index >= 15 is 0 Å². The lowest BCUT2D eigenvalue weighted by atomic mass is 9.93. The molecule has 3 heterocycles. The number of nitrogens with zero attached hydrogens (tertiary/aromatic N) is 3. The van der Waals surface area contributed by atoms with Gasteiger partial charge >= 0.3 is 5.97 Å². The topological polar surface area (TPSA) is 109 Å². The maximum atomic E-state index is 12.1. The number of hydrogen-bond acceptors (Lipinski definition) is 5. The normalized spacial score (nSPS) is 15.3. The van der Waals surface area contributed by atoms with E-state index in [4.69, 9.17) is 5.11 Å². The van der Waals surface area contributed by atoms with Crippen molar-refractivity contribution in [2.45, 2.75) is 32.1 Å². The highest BCUT2D eigenvalue weighted by Gasteiger charge is 2.16. The third-order valence-corrected chi connectivity index (χ3v) is 4.92. The summed E-state index contributed by atoms with van der Waals surface area (Å²) in [5, 5.41) is 14.6. The van der Waals surface area contributed by atoms with Crippen LogP contribution in [0.2, 0.25) is 0 Å². The Morgan fingerprint density at radius 2 is 2.15 bits per heavy atom. The summed E-state index contributed by atoms with van der Waals surface area (Å²) in [6.07, 6.45) is 5.84. The monoisotopic (exact) mass is 359 g/mol. The molecule has 3 rings (SSSR count). The maximum absolute atomic E-state index is 12.1. The Kier molecular flexibility index (Phi) is 5.82. The van der Waals surface area contributed by atoms with Crippen LogP contribution in [-0.4, -0.2) is 51.2 Å². The van der Waals surface area contributed by atoms with E-state index in [0.717, 1.165) is 43.3 Å². The predicted molar refractivity (Wildman–Crippen MR) is 97.0 cm³/mol. The van der Waals surface area contributed by atoms with E-state index in [1.807, 2.05) is 11.6 Å². The van der Waals surface area contributed by atoms with Gasteiger partial charge in [0.15, 0.2) is 5.65 Å². The number of fused-ring (bicyclic) bond motifs is 1. The van der Waals surface area contributed by atoms with Gasteiger partial charge in [-0.25, -0.2) is 9.97 Å². The van der Waals surface area contributed by atoms with Crippen LogP contribution in [0.25, 0.3) is 11.2 Å². The van der Waals surface area contributed by atoms with Crippen LogP contribution in [0, 0.1) is 5.92 Å². The molecular formula is C18H25N5O3. The quantitative estimate of drug-likeness (QED) is 0.683. The molecule has 0 radical (unpaired) electrons. The number of aryl methyl sites for hydroxylation is 2. The SMILES string of the molecule is Cn1c(CCC2CCNCC2)nc2cc(C(=O)NCCC(=O)O)cnc21. The number of pyridine rings is 1. The summed E-state index contributed by atoms with van der Waals surface area (Å²) >= 11 is 0. The summed E-state index contributed by atoms with van der Waals surface area (Å²) in [6, 6.07) is 1.71. The van der Waals surface area contributed by atoms with Crippen LogP contribution >= 0.6 is 0 Å². The summed E-state index contributed by atoms with van der Waals surface area (Å²) in [6.45, 7) is 2.28. The van der Waals surface area contributed by atoms with Crippen molar-refractivity contribution >= 4 is 23.0 Å². The Bertz CT molecular complexity index is 795. The van der Waals surface area contributed by atoms with E-state index in [1.54, 1.807) is 6.07 Å². The maximum Gasteiger partial charge on any atom is 0.305 e.